The molecule has 0 spiro atoms. The average molecular weight is 545 g/mol. The molecule has 0 aliphatic heterocycles. The van der Waals surface area contributed by atoms with Crippen LogP contribution in [0.3, 0.4) is 0 Å². The van der Waals surface area contributed by atoms with Crippen LogP contribution in [0.5, 0.6) is 0 Å². The number of rotatable bonds is 33. The zero-order valence-electron chi connectivity index (χ0n) is 25.9. The summed E-state index contributed by atoms with van der Waals surface area (Å²) < 4.78 is 18.3. The van der Waals surface area contributed by atoms with E-state index in [1.807, 2.05) is 0 Å². The zero-order valence-corrected chi connectivity index (χ0v) is 26.8. The third-order valence-electron chi connectivity index (χ3n) is 7.33. The Morgan fingerprint density at radius 2 is 0.459 bits per heavy atom. The third kappa shape index (κ3) is 32.4. The van der Waals surface area contributed by atoms with E-state index in [0.29, 0.717) is 0 Å². The van der Waals surface area contributed by atoms with Crippen LogP contribution in [0.1, 0.15) is 194 Å². The summed E-state index contributed by atoms with van der Waals surface area (Å²) in [6.45, 7) is 9.23. The molecule has 0 aliphatic rings. The molecule has 0 unspecified atom stereocenters. The Balaban J connectivity index is 3.87. The molecule has 0 aromatic rings. The Hall–Kier alpha value is 0.310. The highest BCUT2D eigenvalue weighted by molar-refractivity contribution is 7.41. The Labute approximate surface area is 236 Å². The summed E-state index contributed by atoms with van der Waals surface area (Å²) in [6, 6.07) is 0. The van der Waals surface area contributed by atoms with Crippen LogP contribution in [0.4, 0.5) is 0 Å². The highest BCUT2D eigenvalue weighted by atomic mass is 31.2. The second-order valence-electron chi connectivity index (χ2n) is 11.2. The van der Waals surface area contributed by atoms with Crippen LogP contribution >= 0.6 is 8.60 Å². The Morgan fingerprint density at radius 3 is 0.676 bits per heavy atom. The summed E-state index contributed by atoms with van der Waals surface area (Å²) in [5, 5.41) is 0. The maximum Gasteiger partial charge on any atom is 0.332 e. The van der Waals surface area contributed by atoms with Crippen LogP contribution in [-0.4, -0.2) is 19.8 Å². The number of hydrogen-bond donors (Lipinski definition) is 0. The molecule has 0 saturated heterocycles. The van der Waals surface area contributed by atoms with Crippen molar-refractivity contribution in [1.82, 2.24) is 0 Å². The molecule has 0 heterocycles. The third-order valence-corrected chi connectivity index (χ3v) is 8.51. The average Bonchev–Trinajstić information content (AvgIpc) is 2.91. The van der Waals surface area contributed by atoms with Crippen LogP contribution in [0.2, 0.25) is 0 Å². The van der Waals surface area contributed by atoms with Gasteiger partial charge in [0.05, 0.1) is 19.8 Å². The van der Waals surface area contributed by atoms with Crippen LogP contribution in [0.25, 0.3) is 0 Å². The lowest BCUT2D eigenvalue weighted by Crippen LogP contribution is -2.00. The number of unbranched alkanes of at least 4 members (excludes halogenated alkanes) is 24. The van der Waals surface area contributed by atoms with E-state index in [2.05, 4.69) is 20.8 Å². The Bertz CT molecular complexity index is 337. The lowest BCUT2D eigenvalue weighted by atomic mass is 10.1. The molecule has 224 valence electrons. The van der Waals surface area contributed by atoms with Crippen molar-refractivity contribution < 1.29 is 13.6 Å². The lowest BCUT2D eigenvalue weighted by molar-refractivity contribution is 0.153. The van der Waals surface area contributed by atoms with Gasteiger partial charge in [-0.25, -0.2) is 0 Å². The summed E-state index contributed by atoms with van der Waals surface area (Å²) in [5.41, 5.74) is 0. The summed E-state index contributed by atoms with van der Waals surface area (Å²) >= 11 is 0. The van der Waals surface area contributed by atoms with Gasteiger partial charge in [0.1, 0.15) is 0 Å². The topological polar surface area (TPSA) is 27.7 Å². The molecule has 0 radical (unpaired) electrons. The Morgan fingerprint density at radius 1 is 0.270 bits per heavy atom. The van der Waals surface area contributed by atoms with Gasteiger partial charge in [-0.05, 0) is 19.3 Å². The molecule has 0 amide bonds. The van der Waals surface area contributed by atoms with Crippen molar-refractivity contribution in [2.75, 3.05) is 19.8 Å². The first kappa shape index (κ1) is 37.3. The van der Waals surface area contributed by atoms with Crippen LogP contribution in [0, 0.1) is 0 Å². The van der Waals surface area contributed by atoms with Crippen molar-refractivity contribution >= 4 is 8.60 Å². The first-order valence-corrected chi connectivity index (χ1v) is 18.1. The fourth-order valence-electron chi connectivity index (χ4n) is 4.77. The SMILES string of the molecule is CCCCCCCCCCCOP(OCCCCCCCCCCC)OCCCCCCCCCCC. The standard InChI is InChI=1S/C33H69O3P/c1-4-7-10-13-16-19-22-25-28-31-34-37(35-32-29-26-23-20-17-14-11-8-5-2)36-33-30-27-24-21-18-15-12-9-6-3/h4-33H2,1-3H3. The smallest absolute Gasteiger partial charge is 0.312 e. The molecule has 0 rings (SSSR count). The molecule has 0 aliphatic carbocycles. The molecule has 0 atom stereocenters. The quantitative estimate of drug-likeness (QED) is 0.0607. The van der Waals surface area contributed by atoms with Crippen molar-refractivity contribution in [3.8, 4) is 0 Å². The largest absolute Gasteiger partial charge is 0.332 e. The first-order valence-electron chi connectivity index (χ1n) is 17.0. The van der Waals surface area contributed by atoms with E-state index in [4.69, 9.17) is 13.6 Å². The Kier molecular flexibility index (Phi) is 34.6. The normalized spacial score (nSPS) is 11.7. The van der Waals surface area contributed by atoms with E-state index in [1.54, 1.807) is 0 Å². The molecule has 37 heavy (non-hydrogen) atoms. The molecule has 0 aromatic heterocycles. The van der Waals surface area contributed by atoms with Gasteiger partial charge in [-0.3, -0.25) is 0 Å². The lowest BCUT2D eigenvalue weighted by Gasteiger charge is -2.17. The first-order chi connectivity index (χ1) is 18.3. The van der Waals surface area contributed by atoms with Crippen LogP contribution in [-0.2, 0) is 13.6 Å². The molecular formula is C33H69O3P. The minimum absolute atomic E-state index is 0.789. The van der Waals surface area contributed by atoms with E-state index in [9.17, 15) is 0 Å². The zero-order chi connectivity index (χ0) is 26.9. The monoisotopic (exact) mass is 544 g/mol. The van der Waals surface area contributed by atoms with Crippen molar-refractivity contribution in [3.63, 3.8) is 0 Å². The van der Waals surface area contributed by atoms with Gasteiger partial charge in [-0.2, -0.15) is 0 Å². The van der Waals surface area contributed by atoms with Gasteiger partial charge < -0.3 is 13.6 Å². The van der Waals surface area contributed by atoms with E-state index >= 15 is 0 Å². The summed E-state index contributed by atoms with van der Waals surface area (Å²) in [6.07, 6.45) is 36.2. The fourth-order valence-corrected chi connectivity index (χ4v) is 5.83. The van der Waals surface area contributed by atoms with Gasteiger partial charge in [0.2, 0.25) is 0 Å². The molecule has 4 heteroatoms. The van der Waals surface area contributed by atoms with Gasteiger partial charge in [-0.1, -0.05) is 175 Å². The van der Waals surface area contributed by atoms with E-state index in [-0.39, 0.29) is 0 Å². The highest BCUT2D eigenvalue weighted by Crippen LogP contribution is 2.40. The van der Waals surface area contributed by atoms with Crippen molar-refractivity contribution in [2.45, 2.75) is 194 Å². The predicted molar refractivity (Wildman–Crippen MR) is 166 cm³/mol. The molecular weight excluding hydrogens is 475 g/mol. The maximum absolute atomic E-state index is 6.09. The maximum atomic E-state index is 6.09. The van der Waals surface area contributed by atoms with Gasteiger partial charge >= 0.3 is 8.60 Å². The van der Waals surface area contributed by atoms with Crippen LogP contribution < -0.4 is 0 Å². The second-order valence-corrected chi connectivity index (χ2v) is 12.4. The molecule has 0 saturated carbocycles. The molecule has 0 bridgehead atoms. The van der Waals surface area contributed by atoms with Crippen molar-refractivity contribution in [3.05, 3.63) is 0 Å². The second kappa shape index (κ2) is 34.3. The van der Waals surface area contributed by atoms with Crippen LogP contribution in [0.15, 0.2) is 0 Å². The van der Waals surface area contributed by atoms with Gasteiger partial charge in [-0.15, -0.1) is 0 Å². The minimum atomic E-state index is -1.16. The van der Waals surface area contributed by atoms with Gasteiger partial charge in [0.25, 0.3) is 0 Å². The molecule has 0 aromatic carbocycles. The molecule has 3 nitrogen and oxygen atoms in total. The highest BCUT2D eigenvalue weighted by Gasteiger charge is 2.12. The number of hydrogen-bond acceptors (Lipinski definition) is 3. The summed E-state index contributed by atoms with van der Waals surface area (Å²) in [4.78, 5) is 0. The van der Waals surface area contributed by atoms with E-state index in [0.717, 1.165) is 39.1 Å². The van der Waals surface area contributed by atoms with E-state index in [1.165, 1.54) is 154 Å². The summed E-state index contributed by atoms with van der Waals surface area (Å²) in [5.74, 6) is 0. The van der Waals surface area contributed by atoms with E-state index < -0.39 is 8.60 Å². The van der Waals surface area contributed by atoms with Crippen molar-refractivity contribution in [1.29, 1.82) is 0 Å². The van der Waals surface area contributed by atoms with Gasteiger partial charge in [0, 0.05) is 0 Å². The fraction of sp³-hybridized carbons (Fsp3) is 1.00. The predicted octanol–water partition coefficient (Wildman–Crippen LogP) is 12.9. The van der Waals surface area contributed by atoms with Gasteiger partial charge in [0.15, 0.2) is 0 Å². The minimum Gasteiger partial charge on any atom is -0.312 e. The molecule has 0 fully saturated rings. The summed E-state index contributed by atoms with van der Waals surface area (Å²) in [7, 11) is -1.16. The van der Waals surface area contributed by atoms with Crippen molar-refractivity contribution in [2.24, 2.45) is 0 Å². The molecule has 0 N–H and O–H groups in total.